The van der Waals surface area contributed by atoms with Crippen molar-refractivity contribution in [1.29, 1.82) is 0 Å². The van der Waals surface area contributed by atoms with Gasteiger partial charge in [0.1, 0.15) is 5.54 Å². The zero-order valence-electron chi connectivity index (χ0n) is 10.1. The average Bonchev–Trinajstić information content (AvgIpc) is 2.44. The van der Waals surface area contributed by atoms with Gasteiger partial charge in [-0.15, -0.1) is 0 Å². The molecule has 4 heteroatoms. The van der Waals surface area contributed by atoms with Crippen LogP contribution in [-0.2, 0) is 4.79 Å². The standard InChI is InChI=1S/C11H22N2O2/c1-8-5-9(2)13(6-8)7-11(3,12-4)10(14)15/h8-9,12H,5-7H2,1-4H3,(H,14,15). The van der Waals surface area contributed by atoms with Crippen molar-refractivity contribution in [1.82, 2.24) is 10.2 Å². The van der Waals surface area contributed by atoms with Crippen LogP contribution in [0, 0.1) is 5.92 Å². The smallest absolute Gasteiger partial charge is 0.324 e. The Morgan fingerprint density at radius 3 is 2.53 bits per heavy atom. The van der Waals surface area contributed by atoms with Gasteiger partial charge in [-0.25, -0.2) is 0 Å². The lowest BCUT2D eigenvalue weighted by atomic mass is 10.0. The highest BCUT2D eigenvalue weighted by Crippen LogP contribution is 2.24. The molecule has 1 heterocycles. The first-order valence-electron chi connectivity index (χ1n) is 5.55. The zero-order chi connectivity index (χ0) is 11.6. The fourth-order valence-electron chi connectivity index (χ4n) is 2.27. The molecule has 4 nitrogen and oxygen atoms in total. The van der Waals surface area contributed by atoms with Gasteiger partial charge in [0.15, 0.2) is 0 Å². The predicted molar refractivity (Wildman–Crippen MR) is 59.9 cm³/mol. The monoisotopic (exact) mass is 214 g/mol. The van der Waals surface area contributed by atoms with Gasteiger partial charge in [0.25, 0.3) is 0 Å². The lowest BCUT2D eigenvalue weighted by Crippen LogP contribution is -2.56. The Hall–Kier alpha value is -0.610. The Balaban J connectivity index is 2.63. The van der Waals surface area contributed by atoms with Crippen LogP contribution in [0.2, 0.25) is 0 Å². The van der Waals surface area contributed by atoms with Crippen LogP contribution >= 0.6 is 0 Å². The minimum absolute atomic E-state index is 0.493. The van der Waals surface area contributed by atoms with Crippen LogP contribution in [0.3, 0.4) is 0 Å². The summed E-state index contributed by atoms with van der Waals surface area (Å²) in [6.07, 6.45) is 1.17. The predicted octanol–water partition coefficient (Wildman–Crippen LogP) is 0.779. The maximum Gasteiger partial charge on any atom is 0.324 e. The van der Waals surface area contributed by atoms with E-state index in [2.05, 4.69) is 24.1 Å². The third-order valence-corrected chi connectivity index (χ3v) is 3.46. The van der Waals surface area contributed by atoms with E-state index in [0.29, 0.717) is 18.5 Å². The van der Waals surface area contributed by atoms with E-state index in [0.717, 1.165) is 6.54 Å². The minimum atomic E-state index is -0.835. The van der Waals surface area contributed by atoms with E-state index in [1.165, 1.54) is 6.42 Å². The van der Waals surface area contributed by atoms with Crippen LogP contribution in [0.15, 0.2) is 0 Å². The average molecular weight is 214 g/mol. The molecule has 88 valence electrons. The number of carboxylic acid groups (broad SMARTS) is 1. The van der Waals surface area contributed by atoms with Gasteiger partial charge < -0.3 is 10.4 Å². The summed E-state index contributed by atoms with van der Waals surface area (Å²) in [6.45, 7) is 7.70. The lowest BCUT2D eigenvalue weighted by molar-refractivity contribution is -0.144. The van der Waals surface area contributed by atoms with Crippen molar-refractivity contribution in [3.05, 3.63) is 0 Å². The first-order valence-corrected chi connectivity index (χ1v) is 5.55. The molecule has 1 aliphatic heterocycles. The van der Waals surface area contributed by atoms with Crippen molar-refractivity contribution >= 4 is 5.97 Å². The molecule has 1 fully saturated rings. The molecular formula is C11H22N2O2. The summed E-state index contributed by atoms with van der Waals surface area (Å²) in [5.41, 5.74) is -0.835. The van der Waals surface area contributed by atoms with Gasteiger partial charge >= 0.3 is 5.97 Å². The molecule has 0 aliphatic carbocycles. The number of aliphatic carboxylic acids is 1. The Kier molecular flexibility index (Phi) is 3.73. The number of nitrogens with zero attached hydrogens (tertiary/aromatic N) is 1. The quantitative estimate of drug-likeness (QED) is 0.726. The number of nitrogens with one attached hydrogen (secondary N) is 1. The second-order valence-electron chi connectivity index (χ2n) is 5.01. The molecule has 1 rings (SSSR count). The maximum atomic E-state index is 11.1. The first kappa shape index (κ1) is 12.5. The fraction of sp³-hybridized carbons (Fsp3) is 0.909. The number of hydrogen-bond donors (Lipinski definition) is 2. The summed E-state index contributed by atoms with van der Waals surface area (Å²) in [5.74, 6) is -0.105. The van der Waals surface area contributed by atoms with Gasteiger partial charge in [-0.05, 0) is 33.2 Å². The molecule has 0 aromatic heterocycles. The second kappa shape index (κ2) is 4.49. The highest BCUT2D eigenvalue weighted by Gasteiger charge is 2.37. The number of likely N-dealkylation sites (N-methyl/N-ethyl adjacent to an activating group) is 1. The molecule has 0 radical (unpaired) electrons. The Morgan fingerprint density at radius 1 is 1.60 bits per heavy atom. The van der Waals surface area contributed by atoms with E-state index in [-0.39, 0.29) is 0 Å². The van der Waals surface area contributed by atoms with Crippen molar-refractivity contribution in [2.45, 2.75) is 38.8 Å². The normalized spacial score (nSPS) is 31.5. The first-order chi connectivity index (χ1) is 6.89. The Labute approximate surface area is 91.6 Å². The van der Waals surface area contributed by atoms with Gasteiger partial charge in [0.2, 0.25) is 0 Å². The van der Waals surface area contributed by atoms with E-state index in [9.17, 15) is 4.79 Å². The lowest BCUT2D eigenvalue weighted by Gasteiger charge is -2.32. The second-order valence-corrected chi connectivity index (χ2v) is 5.01. The van der Waals surface area contributed by atoms with E-state index < -0.39 is 11.5 Å². The van der Waals surface area contributed by atoms with Crippen molar-refractivity contribution in [2.24, 2.45) is 5.92 Å². The maximum absolute atomic E-state index is 11.1. The van der Waals surface area contributed by atoms with Crippen LogP contribution in [-0.4, -0.2) is 47.7 Å². The number of likely N-dealkylation sites (tertiary alicyclic amines) is 1. The largest absolute Gasteiger partial charge is 0.480 e. The summed E-state index contributed by atoms with van der Waals surface area (Å²) >= 11 is 0. The molecule has 0 aromatic carbocycles. The van der Waals surface area contributed by atoms with Crippen LogP contribution in [0.5, 0.6) is 0 Å². The number of hydrogen-bond acceptors (Lipinski definition) is 3. The van der Waals surface area contributed by atoms with Crippen molar-refractivity contribution < 1.29 is 9.90 Å². The van der Waals surface area contributed by atoms with Gasteiger partial charge in [0, 0.05) is 19.1 Å². The Morgan fingerprint density at radius 2 is 2.20 bits per heavy atom. The van der Waals surface area contributed by atoms with Gasteiger partial charge in [0.05, 0.1) is 0 Å². The summed E-state index contributed by atoms with van der Waals surface area (Å²) < 4.78 is 0. The van der Waals surface area contributed by atoms with E-state index >= 15 is 0 Å². The van der Waals surface area contributed by atoms with Crippen LogP contribution in [0.25, 0.3) is 0 Å². The van der Waals surface area contributed by atoms with Gasteiger partial charge in [-0.3, -0.25) is 9.69 Å². The molecule has 1 saturated heterocycles. The highest BCUT2D eigenvalue weighted by atomic mass is 16.4. The van der Waals surface area contributed by atoms with Crippen LogP contribution in [0.4, 0.5) is 0 Å². The van der Waals surface area contributed by atoms with Crippen LogP contribution < -0.4 is 5.32 Å². The fourth-order valence-corrected chi connectivity index (χ4v) is 2.27. The molecule has 3 unspecified atom stereocenters. The number of carbonyl (C=O) groups is 1. The molecule has 1 aliphatic rings. The molecule has 0 aromatic rings. The molecular weight excluding hydrogens is 192 g/mol. The molecule has 15 heavy (non-hydrogen) atoms. The van der Waals surface area contributed by atoms with E-state index in [4.69, 9.17) is 5.11 Å². The topological polar surface area (TPSA) is 52.6 Å². The molecule has 2 N–H and O–H groups in total. The van der Waals surface area contributed by atoms with Crippen LogP contribution in [0.1, 0.15) is 27.2 Å². The third kappa shape index (κ3) is 2.69. The van der Waals surface area contributed by atoms with Crippen molar-refractivity contribution in [3.8, 4) is 0 Å². The highest BCUT2D eigenvalue weighted by molar-refractivity contribution is 5.78. The third-order valence-electron chi connectivity index (χ3n) is 3.46. The van der Waals surface area contributed by atoms with Crippen molar-refractivity contribution in [3.63, 3.8) is 0 Å². The summed E-state index contributed by atoms with van der Waals surface area (Å²) in [6, 6.07) is 0.493. The zero-order valence-corrected chi connectivity index (χ0v) is 10.1. The van der Waals surface area contributed by atoms with Crippen molar-refractivity contribution in [2.75, 3.05) is 20.1 Å². The Bertz CT molecular complexity index is 245. The summed E-state index contributed by atoms with van der Waals surface area (Å²) in [7, 11) is 1.71. The molecule has 3 atom stereocenters. The number of carboxylic acids is 1. The van der Waals surface area contributed by atoms with E-state index in [1.54, 1.807) is 14.0 Å². The SMILES string of the molecule is CNC(C)(CN1CC(C)CC1C)C(=O)O. The van der Waals surface area contributed by atoms with Gasteiger partial charge in [-0.2, -0.15) is 0 Å². The van der Waals surface area contributed by atoms with E-state index in [1.807, 2.05) is 0 Å². The summed E-state index contributed by atoms with van der Waals surface area (Å²) in [4.78, 5) is 13.4. The molecule has 0 spiro atoms. The molecule has 0 bridgehead atoms. The molecule has 0 amide bonds. The summed E-state index contributed by atoms with van der Waals surface area (Å²) in [5, 5.41) is 12.1. The molecule has 0 saturated carbocycles. The number of rotatable bonds is 4. The van der Waals surface area contributed by atoms with Gasteiger partial charge in [-0.1, -0.05) is 6.92 Å². The minimum Gasteiger partial charge on any atom is -0.480 e.